The molecule has 1 aromatic heterocycles. The second-order valence-corrected chi connectivity index (χ2v) is 8.88. The van der Waals surface area contributed by atoms with Gasteiger partial charge in [0.2, 0.25) is 0 Å². The number of quaternary nitrogens is 1. The van der Waals surface area contributed by atoms with Gasteiger partial charge < -0.3 is 22.0 Å². The van der Waals surface area contributed by atoms with Crippen molar-refractivity contribution in [1.29, 1.82) is 0 Å². The predicted molar refractivity (Wildman–Crippen MR) is 117 cm³/mol. The number of hydrogen-bond donors (Lipinski definition) is 1. The number of piperidine rings is 3. The van der Waals surface area contributed by atoms with Gasteiger partial charge in [0, 0.05) is 35.9 Å². The third-order valence-corrected chi connectivity index (χ3v) is 7.38. The van der Waals surface area contributed by atoms with Crippen molar-refractivity contribution in [3.05, 3.63) is 90.6 Å². The molecule has 0 radical (unpaired) electrons. The summed E-state index contributed by atoms with van der Waals surface area (Å²) < 4.78 is 0.953. The van der Waals surface area contributed by atoms with Crippen LogP contribution in [0.5, 0.6) is 0 Å². The third-order valence-electron chi connectivity index (χ3n) is 7.38. The Morgan fingerprint density at radius 3 is 2.67 bits per heavy atom. The number of para-hydroxylation sites is 1. The molecule has 0 amide bonds. The summed E-state index contributed by atoms with van der Waals surface area (Å²) in [6.45, 7) is 7.32. The largest absolute Gasteiger partial charge is 1.00 e. The van der Waals surface area contributed by atoms with Gasteiger partial charge in [-0.05, 0) is 23.6 Å². The van der Waals surface area contributed by atoms with Crippen LogP contribution in [0.1, 0.15) is 30.1 Å². The second kappa shape index (κ2) is 8.50. The Hall–Kier alpha value is -2.20. The number of hydrogen-bond acceptors (Lipinski definition) is 2. The van der Waals surface area contributed by atoms with Crippen molar-refractivity contribution in [1.82, 2.24) is 4.98 Å². The number of fused-ring (bicyclic) bond motifs is 4. The number of halogens is 1. The monoisotopic (exact) mass is 420 g/mol. The van der Waals surface area contributed by atoms with Crippen LogP contribution in [0.25, 0.3) is 10.9 Å². The van der Waals surface area contributed by atoms with Gasteiger partial charge in [-0.25, -0.2) is 0 Å². The van der Waals surface area contributed by atoms with Crippen molar-refractivity contribution >= 4 is 10.9 Å². The highest BCUT2D eigenvalue weighted by Crippen LogP contribution is 2.47. The Labute approximate surface area is 185 Å². The molecule has 4 heterocycles. The fraction of sp³-hybridized carbons (Fsp3) is 0.346. The maximum atomic E-state index is 11.7. The van der Waals surface area contributed by atoms with Crippen LogP contribution in [0.4, 0.5) is 0 Å². The second-order valence-electron chi connectivity index (χ2n) is 8.88. The summed E-state index contributed by atoms with van der Waals surface area (Å²) in [5, 5.41) is 12.8. The molecule has 3 saturated heterocycles. The first kappa shape index (κ1) is 21.0. The standard InChI is InChI=1S/C26H29N2O.ClH/c1-2-20-18-28(17-19-8-4-3-5-9-19)15-13-21(20)16-25(28)26(29)23-12-14-27-24-11-7-6-10-22(23)24;/h2-12,14,20-21,25-26,29H,1,13,15-18H2;1H/q+1;/p-1/t20-,21-,25+,26?,28+;/m0./s1. The first-order chi connectivity index (χ1) is 14.2. The van der Waals surface area contributed by atoms with E-state index in [2.05, 4.69) is 54.0 Å². The molecular weight excluding hydrogens is 392 g/mol. The zero-order valence-electron chi connectivity index (χ0n) is 17.2. The third kappa shape index (κ3) is 3.56. The van der Waals surface area contributed by atoms with Crippen molar-refractivity contribution in [3.63, 3.8) is 0 Å². The molecular formula is C26H29ClN2O. The van der Waals surface area contributed by atoms with E-state index in [1.54, 1.807) is 0 Å². The van der Waals surface area contributed by atoms with Gasteiger partial charge in [-0.2, -0.15) is 0 Å². The van der Waals surface area contributed by atoms with Crippen LogP contribution in [-0.2, 0) is 6.54 Å². The first-order valence-corrected chi connectivity index (χ1v) is 10.7. The molecule has 1 N–H and O–H groups in total. The van der Waals surface area contributed by atoms with Gasteiger partial charge in [-0.15, -0.1) is 6.58 Å². The normalized spacial score (nSPS) is 28.6. The van der Waals surface area contributed by atoms with Crippen LogP contribution in [0.2, 0.25) is 0 Å². The molecule has 30 heavy (non-hydrogen) atoms. The molecule has 3 fully saturated rings. The lowest BCUT2D eigenvalue weighted by molar-refractivity contribution is -0.984. The van der Waals surface area contributed by atoms with Crippen LogP contribution < -0.4 is 12.4 Å². The van der Waals surface area contributed by atoms with Crippen LogP contribution in [-0.4, -0.2) is 33.7 Å². The highest BCUT2D eigenvalue weighted by atomic mass is 35.5. The van der Waals surface area contributed by atoms with Gasteiger partial charge in [-0.3, -0.25) is 4.98 Å². The summed E-state index contributed by atoms with van der Waals surface area (Å²) in [5.74, 6) is 1.18. The van der Waals surface area contributed by atoms with E-state index in [1.807, 2.05) is 30.5 Å². The van der Waals surface area contributed by atoms with Crippen LogP contribution >= 0.6 is 0 Å². The van der Waals surface area contributed by atoms with E-state index in [-0.39, 0.29) is 18.4 Å². The SMILES string of the molecule is C=C[C@H]1C[N@+]2(Cc3ccccc3)CC[C@H]1C[C@@H]2C(O)c1ccnc2ccccc12.[Cl-]. The summed E-state index contributed by atoms with van der Waals surface area (Å²) in [7, 11) is 0. The quantitative estimate of drug-likeness (QED) is 0.505. The van der Waals surface area contributed by atoms with Gasteiger partial charge in [0.1, 0.15) is 18.7 Å². The number of pyridine rings is 1. The molecule has 0 aliphatic carbocycles. The van der Waals surface area contributed by atoms with Crippen molar-refractivity contribution in [2.45, 2.75) is 31.5 Å². The Kier molecular flexibility index (Phi) is 5.97. The molecule has 6 rings (SSSR count). The number of aromatic nitrogens is 1. The number of rotatable bonds is 5. The maximum Gasteiger partial charge on any atom is 0.131 e. The zero-order chi connectivity index (χ0) is 19.8. The van der Waals surface area contributed by atoms with Crippen molar-refractivity contribution in [2.75, 3.05) is 13.1 Å². The fourth-order valence-electron chi connectivity index (χ4n) is 5.91. The molecule has 2 aromatic carbocycles. The Morgan fingerprint density at radius 2 is 1.87 bits per heavy atom. The molecule has 3 aromatic rings. The number of benzene rings is 2. The first-order valence-electron chi connectivity index (χ1n) is 10.7. The van der Waals surface area contributed by atoms with E-state index in [9.17, 15) is 5.11 Å². The van der Waals surface area contributed by atoms with Crippen LogP contribution in [0.3, 0.4) is 0 Å². The molecule has 3 aliphatic rings. The maximum absolute atomic E-state index is 11.7. The van der Waals surface area contributed by atoms with E-state index in [0.717, 1.165) is 47.0 Å². The van der Waals surface area contributed by atoms with E-state index < -0.39 is 6.10 Å². The predicted octanol–water partition coefficient (Wildman–Crippen LogP) is 1.88. The summed E-state index contributed by atoms with van der Waals surface area (Å²) >= 11 is 0. The van der Waals surface area contributed by atoms with E-state index >= 15 is 0 Å². The average Bonchev–Trinajstić information content (AvgIpc) is 2.78. The number of nitrogens with zero attached hydrogens (tertiary/aromatic N) is 2. The molecule has 1 unspecified atom stereocenters. The van der Waals surface area contributed by atoms with Gasteiger partial charge >= 0.3 is 0 Å². The minimum atomic E-state index is -0.486. The fourth-order valence-corrected chi connectivity index (χ4v) is 5.91. The molecule has 4 heteroatoms. The minimum absolute atomic E-state index is 0. The smallest absolute Gasteiger partial charge is 0.131 e. The Balaban J connectivity index is 0.00000218. The molecule has 2 bridgehead atoms. The Bertz CT molecular complexity index is 1020. The van der Waals surface area contributed by atoms with Gasteiger partial charge in [0.05, 0.1) is 18.6 Å². The number of aliphatic hydroxyl groups excluding tert-OH is 1. The van der Waals surface area contributed by atoms with E-state index in [0.29, 0.717) is 11.8 Å². The zero-order valence-corrected chi connectivity index (χ0v) is 18.0. The summed E-state index contributed by atoms with van der Waals surface area (Å²) in [6.07, 6.45) is 5.79. The minimum Gasteiger partial charge on any atom is -1.00 e. The molecule has 0 saturated carbocycles. The summed E-state index contributed by atoms with van der Waals surface area (Å²) in [6, 6.07) is 21.2. The molecule has 156 valence electrons. The number of aliphatic hydroxyl groups is 1. The van der Waals surface area contributed by atoms with Gasteiger partial charge in [0.25, 0.3) is 0 Å². The molecule has 5 atom stereocenters. The van der Waals surface area contributed by atoms with Crippen molar-refractivity contribution in [3.8, 4) is 0 Å². The lowest BCUT2D eigenvalue weighted by atomic mass is 9.71. The highest BCUT2D eigenvalue weighted by Gasteiger charge is 2.53. The van der Waals surface area contributed by atoms with Gasteiger partial charge in [0.15, 0.2) is 0 Å². The molecule has 3 aliphatic heterocycles. The van der Waals surface area contributed by atoms with E-state index in [1.165, 1.54) is 12.0 Å². The Morgan fingerprint density at radius 1 is 1.10 bits per heavy atom. The topological polar surface area (TPSA) is 33.1 Å². The summed E-state index contributed by atoms with van der Waals surface area (Å²) in [5.41, 5.74) is 3.33. The van der Waals surface area contributed by atoms with E-state index in [4.69, 9.17) is 0 Å². The average molecular weight is 421 g/mol. The lowest BCUT2D eigenvalue weighted by Gasteiger charge is -2.58. The summed E-state index contributed by atoms with van der Waals surface area (Å²) in [4.78, 5) is 4.50. The molecule has 3 nitrogen and oxygen atoms in total. The molecule has 0 spiro atoms. The lowest BCUT2D eigenvalue weighted by Crippen LogP contribution is -3.00. The van der Waals surface area contributed by atoms with Crippen molar-refractivity contribution < 1.29 is 22.0 Å². The van der Waals surface area contributed by atoms with Crippen LogP contribution in [0.15, 0.2) is 79.5 Å². The van der Waals surface area contributed by atoms with Gasteiger partial charge in [-0.1, -0.05) is 54.6 Å². The van der Waals surface area contributed by atoms with Crippen molar-refractivity contribution in [2.24, 2.45) is 11.8 Å². The van der Waals surface area contributed by atoms with Crippen LogP contribution in [0, 0.1) is 11.8 Å². The highest BCUT2D eigenvalue weighted by molar-refractivity contribution is 5.82.